The summed E-state index contributed by atoms with van der Waals surface area (Å²) in [6.45, 7) is 6.85. The number of rotatable bonds is 14. The van der Waals surface area contributed by atoms with Crippen LogP contribution < -0.4 is 5.32 Å². The van der Waals surface area contributed by atoms with Crippen LogP contribution >= 0.6 is 0 Å². The summed E-state index contributed by atoms with van der Waals surface area (Å²) in [7, 11) is 1.70. The van der Waals surface area contributed by atoms with Gasteiger partial charge in [0.1, 0.15) is 0 Å². The van der Waals surface area contributed by atoms with Gasteiger partial charge in [-0.25, -0.2) is 0 Å². The summed E-state index contributed by atoms with van der Waals surface area (Å²) in [6, 6.07) is 0. The van der Waals surface area contributed by atoms with Crippen LogP contribution in [0.2, 0.25) is 0 Å². The number of methoxy groups -OCH3 is 1. The van der Waals surface area contributed by atoms with E-state index in [0.29, 0.717) is 6.61 Å². The molecule has 0 aromatic carbocycles. The van der Waals surface area contributed by atoms with E-state index in [1.165, 1.54) is 45.1 Å². The van der Waals surface area contributed by atoms with E-state index in [-0.39, 0.29) is 0 Å². The van der Waals surface area contributed by atoms with Crippen molar-refractivity contribution in [1.29, 1.82) is 0 Å². The topological polar surface area (TPSA) is 30.5 Å². The van der Waals surface area contributed by atoms with Crippen molar-refractivity contribution in [1.82, 2.24) is 5.32 Å². The van der Waals surface area contributed by atoms with E-state index in [0.717, 1.165) is 26.2 Å². The minimum absolute atomic E-state index is 0.704. The third-order valence-electron chi connectivity index (χ3n) is 2.78. The summed E-state index contributed by atoms with van der Waals surface area (Å²) in [5, 5.41) is 3.48. The quantitative estimate of drug-likeness (QED) is 0.477. The normalized spacial score (nSPS) is 10.9. The van der Waals surface area contributed by atoms with Crippen molar-refractivity contribution >= 4 is 0 Å². The molecular formula is C14H31NO2. The Balaban J connectivity index is 2.85. The van der Waals surface area contributed by atoms with Crippen molar-refractivity contribution in [2.75, 3.05) is 40.0 Å². The lowest BCUT2D eigenvalue weighted by molar-refractivity contribution is 0.0688. The average Bonchev–Trinajstić information content (AvgIpc) is 2.35. The molecule has 0 heterocycles. The SMILES string of the molecule is CCCCCCCNCCCCOCCOC. The maximum atomic E-state index is 5.39. The number of ether oxygens (including phenoxy) is 2. The zero-order chi connectivity index (χ0) is 12.6. The first-order valence-electron chi connectivity index (χ1n) is 7.19. The van der Waals surface area contributed by atoms with Crippen LogP contribution in [0.3, 0.4) is 0 Å². The number of unbranched alkanes of at least 4 members (excludes halogenated alkanes) is 5. The first-order chi connectivity index (χ1) is 8.41. The van der Waals surface area contributed by atoms with Gasteiger partial charge >= 0.3 is 0 Å². The van der Waals surface area contributed by atoms with Crippen LogP contribution in [0.5, 0.6) is 0 Å². The van der Waals surface area contributed by atoms with E-state index >= 15 is 0 Å². The lowest BCUT2D eigenvalue weighted by Crippen LogP contribution is -2.17. The highest BCUT2D eigenvalue weighted by molar-refractivity contribution is 4.50. The molecule has 0 aliphatic rings. The summed E-state index contributed by atoms with van der Waals surface area (Å²) in [5.74, 6) is 0. The molecular weight excluding hydrogens is 214 g/mol. The summed E-state index contributed by atoms with van der Waals surface area (Å²) < 4.78 is 10.3. The van der Waals surface area contributed by atoms with Crippen molar-refractivity contribution < 1.29 is 9.47 Å². The zero-order valence-electron chi connectivity index (χ0n) is 11.8. The molecule has 0 atom stereocenters. The fraction of sp³-hybridized carbons (Fsp3) is 1.00. The maximum absolute atomic E-state index is 5.39. The third-order valence-corrected chi connectivity index (χ3v) is 2.78. The highest BCUT2D eigenvalue weighted by atomic mass is 16.5. The van der Waals surface area contributed by atoms with E-state index in [9.17, 15) is 0 Å². The fourth-order valence-corrected chi connectivity index (χ4v) is 1.68. The highest BCUT2D eigenvalue weighted by Crippen LogP contribution is 2.01. The van der Waals surface area contributed by atoms with E-state index < -0.39 is 0 Å². The molecule has 0 rings (SSSR count). The standard InChI is InChI=1S/C14H31NO2/c1-3-4-5-6-7-10-15-11-8-9-12-17-14-13-16-2/h15H,3-14H2,1-2H3. The molecule has 1 N–H and O–H groups in total. The van der Waals surface area contributed by atoms with Gasteiger partial charge in [0, 0.05) is 13.7 Å². The smallest absolute Gasteiger partial charge is 0.0700 e. The first-order valence-corrected chi connectivity index (χ1v) is 7.19. The molecule has 0 radical (unpaired) electrons. The lowest BCUT2D eigenvalue weighted by atomic mass is 10.1. The summed E-state index contributed by atoms with van der Waals surface area (Å²) in [5.41, 5.74) is 0. The molecule has 0 unspecified atom stereocenters. The van der Waals surface area contributed by atoms with E-state index in [2.05, 4.69) is 12.2 Å². The van der Waals surface area contributed by atoms with E-state index in [4.69, 9.17) is 9.47 Å². The van der Waals surface area contributed by atoms with Gasteiger partial charge in [0.25, 0.3) is 0 Å². The Hall–Kier alpha value is -0.120. The molecule has 0 saturated heterocycles. The van der Waals surface area contributed by atoms with Gasteiger partial charge in [-0.15, -0.1) is 0 Å². The van der Waals surface area contributed by atoms with Crippen LogP contribution in [0.1, 0.15) is 51.9 Å². The Morgan fingerprint density at radius 1 is 0.765 bits per heavy atom. The van der Waals surface area contributed by atoms with Gasteiger partial charge in [-0.05, 0) is 32.4 Å². The van der Waals surface area contributed by atoms with Gasteiger partial charge in [-0.3, -0.25) is 0 Å². The molecule has 0 aromatic rings. The molecule has 104 valence electrons. The number of hydrogen-bond donors (Lipinski definition) is 1. The second-order valence-corrected chi connectivity index (χ2v) is 4.48. The van der Waals surface area contributed by atoms with Crippen LogP contribution in [-0.4, -0.2) is 40.0 Å². The minimum atomic E-state index is 0.704. The molecule has 0 spiro atoms. The molecule has 0 saturated carbocycles. The van der Waals surface area contributed by atoms with Crippen molar-refractivity contribution in [3.8, 4) is 0 Å². The lowest BCUT2D eigenvalue weighted by Gasteiger charge is -2.05. The summed E-state index contributed by atoms with van der Waals surface area (Å²) >= 11 is 0. The highest BCUT2D eigenvalue weighted by Gasteiger charge is 1.91. The first kappa shape index (κ1) is 16.9. The molecule has 0 bridgehead atoms. The van der Waals surface area contributed by atoms with Crippen molar-refractivity contribution in [2.45, 2.75) is 51.9 Å². The minimum Gasteiger partial charge on any atom is -0.382 e. The molecule has 3 heteroatoms. The van der Waals surface area contributed by atoms with Crippen LogP contribution in [0, 0.1) is 0 Å². The molecule has 0 fully saturated rings. The average molecular weight is 245 g/mol. The van der Waals surface area contributed by atoms with Crippen LogP contribution in [0.4, 0.5) is 0 Å². The second kappa shape index (κ2) is 15.9. The summed E-state index contributed by atoms with van der Waals surface area (Å²) in [4.78, 5) is 0. The second-order valence-electron chi connectivity index (χ2n) is 4.48. The Bertz CT molecular complexity index is 117. The monoisotopic (exact) mass is 245 g/mol. The van der Waals surface area contributed by atoms with Crippen molar-refractivity contribution in [3.05, 3.63) is 0 Å². The fourth-order valence-electron chi connectivity index (χ4n) is 1.68. The predicted octanol–water partition coefficient (Wildman–Crippen LogP) is 2.99. The molecule has 3 nitrogen and oxygen atoms in total. The van der Waals surface area contributed by atoms with Gasteiger partial charge in [-0.2, -0.15) is 0 Å². The van der Waals surface area contributed by atoms with E-state index in [1.807, 2.05) is 0 Å². The largest absolute Gasteiger partial charge is 0.382 e. The molecule has 0 aliphatic carbocycles. The number of nitrogens with one attached hydrogen (secondary N) is 1. The van der Waals surface area contributed by atoms with Crippen LogP contribution in [0.15, 0.2) is 0 Å². The Morgan fingerprint density at radius 2 is 1.47 bits per heavy atom. The molecule has 0 aliphatic heterocycles. The number of hydrogen-bond acceptors (Lipinski definition) is 3. The van der Waals surface area contributed by atoms with Gasteiger partial charge in [0.15, 0.2) is 0 Å². The third kappa shape index (κ3) is 15.9. The molecule has 0 amide bonds. The Labute approximate surface area is 107 Å². The predicted molar refractivity (Wildman–Crippen MR) is 73.6 cm³/mol. The van der Waals surface area contributed by atoms with Crippen molar-refractivity contribution in [2.24, 2.45) is 0 Å². The molecule has 0 aromatic heterocycles. The summed E-state index contributed by atoms with van der Waals surface area (Å²) in [6.07, 6.45) is 9.17. The van der Waals surface area contributed by atoms with Crippen LogP contribution in [0.25, 0.3) is 0 Å². The maximum Gasteiger partial charge on any atom is 0.0700 e. The van der Waals surface area contributed by atoms with Crippen LogP contribution in [-0.2, 0) is 9.47 Å². The molecule has 17 heavy (non-hydrogen) atoms. The van der Waals surface area contributed by atoms with Gasteiger partial charge < -0.3 is 14.8 Å². The van der Waals surface area contributed by atoms with Gasteiger partial charge in [0.05, 0.1) is 13.2 Å². The van der Waals surface area contributed by atoms with Gasteiger partial charge in [-0.1, -0.05) is 32.6 Å². The van der Waals surface area contributed by atoms with Gasteiger partial charge in [0.2, 0.25) is 0 Å². The van der Waals surface area contributed by atoms with Crippen molar-refractivity contribution in [3.63, 3.8) is 0 Å². The Kier molecular flexibility index (Phi) is 15.8. The Morgan fingerprint density at radius 3 is 2.18 bits per heavy atom. The van der Waals surface area contributed by atoms with E-state index in [1.54, 1.807) is 7.11 Å². The zero-order valence-corrected chi connectivity index (χ0v) is 11.8.